The second kappa shape index (κ2) is 5.77. The number of pyridine rings is 1. The third-order valence-corrected chi connectivity index (χ3v) is 6.50. The van der Waals surface area contributed by atoms with Crippen LogP contribution in [-0.4, -0.2) is 28.8 Å². The van der Waals surface area contributed by atoms with Crippen LogP contribution in [0.3, 0.4) is 0 Å². The second-order valence-corrected chi connectivity index (χ2v) is 9.76. The van der Waals surface area contributed by atoms with E-state index in [2.05, 4.69) is 10.3 Å². The molecule has 0 aromatic carbocycles. The fourth-order valence-electron chi connectivity index (χ4n) is 1.79. The molecule has 130 valence electrons. The summed E-state index contributed by atoms with van der Waals surface area (Å²) in [7, 11) is -3.85. The van der Waals surface area contributed by atoms with E-state index in [-0.39, 0.29) is 5.82 Å². The highest BCUT2D eigenvalue weighted by Gasteiger charge is 2.48. The van der Waals surface area contributed by atoms with Crippen LogP contribution in [-0.2, 0) is 20.8 Å². The van der Waals surface area contributed by atoms with E-state index in [4.69, 9.17) is 0 Å². The van der Waals surface area contributed by atoms with Crippen LogP contribution in [0.4, 0.5) is 19.0 Å². The van der Waals surface area contributed by atoms with E-state index in [1.165, 1.54) is 34.6 Å². The van der Waals surface area contributed by atoms with Crippen molar-refractivity contribution < 1.29 is 26.4 Å². The molecule has 5 nitrogen and oxygen atoms in total. The molecule has 1 aromatic rings. The third kappa shape index (κ3) is 3.82. The molecular weight excluding hydrogens is 333 g/mol. The average Bonchev–Trinajstić information content (AvgIpc) is 2.36. The average molecular weight is 352 g/mol. The van der Waals surface area contributed by atoms with Gasteiger partial charge in [0.05, 0.1) is 10.3 Å². The van der Waals surface area contributed by atoms with Crippen molar-refractivity contribution in [2.45, 2.75) is 50.3 Å². The van der Waals surface area contributed by atoms with Crippen LogP contribution in [0.15, 0.2) is 18.3 Å². The van der Waals surface area contributed by atoms with E-state index in [9.17, 15) is 26.4 Å². The molecule has 0 bridgehead atoms. The highest BCUT2D eigenvalue weighted by molar-refractivity contribution is 7.94. The summed E-state index contributed by atoms with van der Waals surface area (Å²) in [6.45, 7) is 6.88. The van der Waals surface area contributed by atoms with Gasteiger partial charge in [0.25, 0.3) is 0 Å². The van der Waals surface area contributed by atoms with Crippen LogP contribution in [0.25, 0.3) is 0 Å². The van der Waals surface area contributed by atoms with Gasteiger partial charge in [-0.3, -0.25) is 4.79 Å². The van der Waals surface area contributed by atoms with Gasteiger partial charge in [0.1, 0.15) is 10.6 Å². The Hall–Kier alpha value is -1.64. The molecule has 0 saturated heterocycles. The Morgan fingerprint density at radius 2 is 1.61 bits per heavy atom. The number of aromatic nitrogens is 1. The summed E-state index contributed by atoms with van der Waals surface area (Å²) in [6, 6.07) is 1.73. The molecule has 0 spiro atoms. The number of alkyl halides is 3. The van der Waals surface area contributed by atoms with Gasteiger partial charge in [0.15, 0.2) is 9.84 Å². The van der Waals surface area contributed by atoms with Crippen molar-refractivity contribution in [2.75, 3.05) is 5.32 Å². The summed E-state index contributed by atoms with van der Waals surface area (Å²) in [5.74, 6) is -1.01. The molecule has 1 amide bonds. The Kier molecular flexibility index (Phi) is 4.87. The van der Waals surface area contributed by atoms with Crippen molar-refractivity contribution in [3.05, 3.63) is 23.9 Å². The number of rotatable bonds is 3. The third-order valence-electron chi connectivity index (χ3n) is 3.36. The normalized spacial score (nSPS) is 13.7. The van der Waals surface area contributed by atoms with Gasteiger partial charge in [-0.15, -0.1) is 0 Å². The molecule has 0 unspecified atom stereocenters. The van der Waals surface area contributed by atoms with Crippen LogP contribution in [0.2, 0.25) is 0 Å². The first-order chi connectivity index (χ1) is 10.1. The van der Waals surface area contributed by atoms with Gasteiger partial charge >= 0.3 is 6.18 Å². The molecule has 0 fully saturated rings. The van der Waals surface area contributed by atoms with E-state index in [0.717, 1.165) is 12.1 Å². The van der Waals surface area contributed by atoms with Gasteiger partial charge in [-0.2, -0.15) is 13.2 Å². The molecule has 9 heteroatoms. The molecule has 0 aliphatic carbocycles. The Balaban J connectivity index is 3.04. The van der Waals surface area contributed by atoms with Gasteiger partial charge in [0, 0.05) is 6.20 Å². The van der Waals surface area contributed by atoms with Gasteiger partial charge in [-0.05, 0) is 46.8 Å². The molecular formula is C14H19F3N2O3S. The molecule has 0 saturated carbocycles. The van der Waals surface area contributed by atoms with Crippen molar-refractivity contribution >= 4 is 21.6 Å². The second-order valence-electron chi connectivity index (χ2n) is 6.51. The minimum absolute atomic E-state index is 0.153. The zero-order chi connectivity index (χ0) is 18.3. The Bertz CT molecular complexity index is 687. The molecule has 0 aliphatic heterocycles. The summed E-state index contributed by atoms with van der Waals surface area (Å²) in [6.07, 6.45) is -3.97. The summed E-state index contributed by atoms with van der Waals surface area (Å²) >= 11 is 0. The van der Waals surface area contributed by atoms with Gasteiger partial charge in [-0.25, -0.2) is 13.4 Å². The summed E-state index contributed by atoms with van der Waals surface area (Å²) in [5, 5.41) is 2.24. The van der Waals surface area contributed by atoms with Crippen molar-refractivity contribution in [1.29, 1.82) is 0 Å². The molecule has 0 radical (unpaired) electrons. The first-order valence-corrected chi connectivity index (χ1v) is 8.18. The van der Waals surface area contributed by atoms with Crippen LogP contribution in [0, 0.1) is 0 Å². The van der Waals surface area contributed by atoms with Crippen molar-refractivity contribution in [3.8, 4) is 0 Å². The molecule has 1 aromatic heterocycles. The number of carbonyl (C=O) groups is 1. The molecule has 1 rings (SSSR count). The van der Waals surface area contributed by atoms with E-state index in [0.29, 0.717) is 6.20 Å². The maximum atomic E-state index is 12.5. The quantitative estimate of drug-likeness (QED) is 0.907. The first-order valence-electron chi connectivity index (χ1n) is 6.69. The number of halogens is 3. The SMILES string of the molecule is CC(C)(C)S(=O)(=O)C(C)(C)C(=O)Nc1ccc(C(F)(F)F)cn1. The number of nitrogens with zero attached hydrogens (tertiary/aromatic N) is 1. The number of nitrogens with one attached hydrogen (secondary N) is 1. The van der Waals surface area contributed by atoms with Crippen molar-refractivity contribution in [2.24, 2.45) is 0 Å². The van der Waals surface area contributed by atoms with E-state index in [1.54, 1.807) is 0 Å². The molecule has 23 heavy (non-hydrogen) atoms. The topological polar surface area (TPSA) is 76.1 Å². The first kappa shape index (κ1) is 19.4. The summed E-state index contributed by atoms with van der Waals surface area (Å²) < 4.78 is 59.3. The van der Waals surface area contributed by atoms with Gasteiger partial charge in [0.2, 0.25) is 5.91 Å². The number of hydrogen-bond donors (Lipinski definition) is 1. The largest absolute Gasteiger partial charge is 0.417 e. The lowest BCUT2D eigenvalue weighted by Crippen LogP contribution is -2.51. The lowest BCUT2D eigenvalue weighted by atomic mass is 10.2. The van der Waals surface area contributed by atoms with Gasteiger partial charge in [-0.1, -0.05) is 0 Å². The zero-order valence-electron chi connectivity index (χ0n) is 13.4. The van der Waals surface area contributed by atoms with Crippen LogP contribution < -0.4 is 5.32 Å². The number of anilines is 1. The van der Waals surface area contributed by atoms with E-state index in [1.807, 2.05) is 0 Å². The lowest BCUT2D eigenvalue weighted by molar-refractivity contribution is -0.137. The fourth-order valence-corrected chi connectivity index (χ4v) is 3.62. The zero-order valence-corrected chi connectivity index (χ0v) is 14.3. The van der Waals surface area contributed by atoms with Crippen LogP contribution in [0.1, 0.15) is 40.2 Å². The Morgan fingerprint density at radius 1 is 1.09 bits per heavy atom. The molecule has 0 aliphatic rings. The molecule has 1 heterocycles. The van der Waals surface area contributed by atoms with E-state index >= 15 is 0 Å². The van der Waals surface area contributed by atoms with E-state index < -0.39 is 37.0 Å². The predicted molar refractivity (Wildman–Crippen MR) is 80.6 cm³/mol. The summed E-state index contributed by atoms with van der Waals surface area (Å²) in [4.78, 5) is 15.8. The van der Waals surface area contributed by atoms with Gasteiger partial charge < -0.3 is 5.32 Å². The van der Waals surface area contributed by atoms with Crippen LogP contribution in [0.5, 0.6) is 0 Å². The lowest BCUT2D eigenvalue weighted by Gasteiger charge is -2.31. The minimum Gasteiger partial charge on any atom is -0.309 e. The number of amides is 1. The Morgan fingerprint density at radius 3 is 1.96 bits per heavy atom. The van der Waals surface area contributed by atoms with Crippen molar-refractivity contribution in [3.63, 3.8) is 0 Å². The highest BCUT2D eigenvalue weighted by atomic mass is 32.2. The number of hydrogen-bond acceptors (Lipinski definition) is 4. The standard InChI is InChI=1S/C14H19F3N2O3S/c1-12(2,3)23(21,22)13(4,5)11(20)19-10-7-6-9(8-18-10)14(15,16)17/h6-8H,1-5H3,(H,18,19,20). The molecule has 0 atom stereocenters. The maximum absolute atomic E-state index is 12.5. The molecule has 1 N–H and O–H groups in total. The fraction of sp³-hybridized carbons (Fsp3) is 0.571. The maximum Gasteiger partial charge on any atom is 0.417 e. The minimum atomic E-state index is -4.54. The predicted octanol–water partition coefficient (Wildman–Crippen LogP) is 3.03. The highest BCUT2D eigenvalue weighted by Crippen LogP contribution is 2.31. The van der Waals surface area contributed by atoms with Crippen molar-refractivity contribution in [1.82, 2.24) is 4.98 Å². The Labute approximate surface area is 133 Å². The summed E-state index contributed by atoms with van der Waals surface area (Å²) in [5.41, 5.74) is -0.961. The smallest absolute Gasteiger partial charge is 0.309 e. The monoisotopic (exact) mass is 352 g/mol. The number of sulfone groups is 1. The number of carbonyl (C=O) groups excluding carboxylic acids is 1. The van der Waals surface area contributed by atoms with Crippen LogP contribution >= 0.6 is 0 Å².